The largest absolute Gasteiger partial charge is 0.486 e. The fourth-order valence-electron chi connectivity index (χ4n) is 2.43. The number of benzene rings is 2. The van der Waals surface area contributed by atoms with Crippen LogP contribution in [0.1, 0.15) is 10.4 Å². The van der Waals surface area contributed by atoms with Gasteiger partial charge < -0.3 is 13.9 Å². The molecule has 0 saturated carbocycles. The highest BCUT2D eigenvalue weighted by Crippen LogP contribution is 2.35. The number of carbonyl (C=O) groups is 1. The summed E-state index contributed by atoms with van der Waals surface area (Å²) in [4.78, 5) is 15.8. The molecule has 0 fully saturated rings. The second-order valence-electron chi connectivity index (χ2n) is 5.00. The van der Waals surface area contributed by atoms with Crippen LogP contribution in [0.3, 0.4) is 0 Å². The summed E-state index contributed by atoms with van der Waals surface area (Å²) in [5.41, 5.74) is 3.70. The number of amides is 1. The lowest BCUT2D eigenvalue weighted by Crippen LogP contribution is -2.18. The van der Waals surface area contributed by atoms with Gasteiger partial charge in [-0.2, -0.15) is 0 Å². The first-order valence-electron chi connectivity index (χ1n) is 6.99. The summed E-state index contributed by atoms with van der Waals surface area (Å²) in [5.74, 6) is 1.16. The normalized spacial score (nSPS) is 13.1. The van der Waals surface area contributed by atoms with Crippen LogP contribution in [0.2, 0.25) is 0 Å². The van der Waals surface area contributed by atoms with Crippen LogP contribution in [-0.2, 0) is 0 Å². The molecule has 1 aliphatic heterocycles. The monoisotopic (exact) mass is 312 g/mol. The van der Waals surface area contributed by atoms with Gasteiger partial charge >= 0.3 is 0 Å². The molecule has 0 saturated heterocycles. The Kier molecular flexibility index (Phi) is 3.13. The van der Waals surface area contributed by atoms with Crippen LogP contribution in [0, 0.1) is 0 Å². The third-order valence-electron chi connectivity index (χ3n) is 3.54. The van der Waals surface area contributed by atoms with E-state index in [2.05, 4.69) is 4.98 Å². The zero-order chi connectivity index (χ0) is 15.8. The highest BCUT2D eigenvalue weighted by molar-refractivity contribution is 5.96. The number of aromatic nitrogens is 1. The summed E-state index contributed by atoms with van der Waals surface area (Å²) >= 11 is 0. The van der Waals surface area contributed by atoms with Gasteiger partial charge in [-0.1, -0.05) is 0 Å². The predicted octanol–water partition coefficient (Wildman–Crippen LogP) is 2.39. The molecule has 3 aromatic rings. The van der Waals surface area contributed by atoms with Crippen molar-refractivity contribution in [3.05, 3.63) is 42.0 Å². The molecule has 1 aromatic heterocycles. The Labute approximate surface area is 130 Å². The number of hydrogen-bond acceptors (Lipinski definition) is 6. The fourth-order valence-corrected chi connectivity index (χ4v) is 2.43. The lowest BCUT2D eigenvalue weighted by atomic mass is 10.2. The first-order chi connectivity index (χ1) is 11.2. The van der Waals surface area contributed by atoms with E-state index in [0.29, 0.717) is 47.3 Å². The highest BCUT2D eigenvalue weighted by Gasteiger charge is 2.16. The van der Waals surface area contributed by atoms with Crippen molar-refractivity contribution < 1.29 is 23.9 Å². The van der Waals surface area contributed by atoms with Crippen molar-refractivity contribution in [2.45, 2.75) is 0 Å². The third kappa shape index (κ3) is 2.36. The Bertz CT molecular complexity index is 903. The SMILES string of the molecule is O=C(NO)c1ccc2oc(-c3ccc4c(c3)OCCO4)nc2c1. The molecule has 4 rings (SSSR count). The Morgan fingerprint density at radius 2 is 1.91 bits per heavy atom. The first-order valence-corrected chi connectivity index (χ1v) is 6.99. The number of nitrogens with zero attached hydrogens (tertiary/aromatic N) is 1. The molecule has 23 heavy (non-hydrogen) atoms. The van der Waals surface area contributed by atoms with Crippen molar-refractivity contribution in [3.63, 3.8) is 0 Å². The van der Waals surface area contributed by atoms with Crippen molar-refractivity contribution >= 4 is 17.0 Å². The predicted molar refractivity (Wildman–Crippen MR) is 79.7 cm³/mol. The number of oxazole rings is 1. The van der Waals surface area contributed by atoms with E-state index >= 15 is 0 Å². The van der Waals surface area contributed by atoms with E-state index in [1.54, 1.807) is 29.7 Å². The molecule has 0 bridgehead atoms. The smallest absolute Gasteiger partial charge is 0.274 e. The Morgan fingerprint density at radius 1 is 1.09 bits per heavy atom. The van der Waals surface area contributed by atoms with Crippen LogP contribution >= 0.6 is 0 Å². The van der Waals surface area contributed by atoms with Crippen molar-refractivity contribution in [2.75, 3.05) is 13.2 Å². The molecule has 0 unspecified atom stereocenters. The molecule has 2 heterocycles. The number of fused-ring (bicyclic) bond motifs is 2. The topological polar surface area (TPSA) is 93.8 Å². The zero-order valence-corrected chi connectivity index (χ0v) is 11.9. The molecule has 1 aliphatic rings. The minimum absolute atomic E-state index is 0.294. The van der Waals surface area contributed by atoms with Crippen molar-refractivity contribution in [2.24, 2.45) is 0 Å². The van der Waals surface area contributed by atoms with Crippen LogP contribution in [0.25, 0.3) is 22.6 Å². The third-order valence-corrected chi connectivity index (χ3v) is 3.54. The molecule has 7 nitrogen and oxygen atoms in total. The van der Waals surface area contributed by atoms with Crippen LogP contribution in [0.5, 0.6) is 11.5 Å². The quantitative estimate of drug-likeness (QED) is 0.557. The van der Waals surface area contributed by atoms with E-state index in [-0.39, 0.29) is 0 Å². The number of hydrogen-bond donors (Lipinski definition) is 2. The summed E-state index contributed by atoms with van der Waals surface area (Å²) in [5, 5.41) is 8.69. The van der Waals surface area contributed by atoms with Gasteiger partial charge in [-0.15, -0.1) is 0 Å². The van der Waals surface area contributed by atoms with E-state index in [4.69, 9.17) is 19.1 Å². The second kappa shape index (κ2) is 5.29. The van der Waals surface area contributed by atoms with Gasteiger partial charge in [-0.05, 0) is 36.4 Å². The van der Waals surface area contributed by atoms with Crippen LogP contribution in [-0.4, -0.2) is 29.3 Å². The van der Waals surface area contributed by atoms with E-state index in [1.807, 2.05) is 12.1 Å². The minimum atomic E-state index is -0.601. The maximum Gasteiger partial charge on any atom is 0.274 e. The molecule has 116 valence electrons. The molecule has 2 N–H and O–H groups in total. The van der Waals surface area contributed by atoms with Crippen molar-refractivity contribution in [1.82, 2.24) is 10.5 Å². The summed E-state index contributed by atoms with van der Waals surface area (Å²) < 4.78 is 16.7. The molecule has 0 atom stereocenters. The fraction of sp³-hybridized carbons (Fsp3) is 0.125. The van der Waals surface area contributed by atoms with E-state index in [0.717, 1.165) is 5.56 Å². The van der Waals surface area contributed by atoms with Gasteiger partial charge in [0.25, 0.3) is 5.91 Å². The zero-order valence-electron chi connectivity index (χ0n) is 11.9. The number of ether oxygens (including phenoxy) is 2. The molecular weight excluding hydrogens is 300 g/mol. The Morgan fingerprint density at radius 3 is 2.74 bits per heavy atom. The first kappa shape index (κ1) is 13.6. The number of nitrogens with one attached hydrogen (secondary N) is 1. The highest BCUT2D eigenvalue weighted by atomic mass is 16.6. The average molecular weight is 312 g/mol. The van der Waals surface area contributed by atoms with Crippen LogP contribution < -0.4 is 15.0 Å². The maximum atomic E-state index is 11.4. The standard InChI is InChI=1S/C16H12N2O5/c19-15(18-20)9-1-3-12-11(7-9)17-16(23-12)10-2-4-13-14(8-10)22-6-5-21-13/h1-4,7-8,20H,5-6H2,(H,18,19). The number of rotatable bonds is 2. The van der Waals surface area contributed by atoms with Crippen LogP contribution in [0.4, 0.5) is 0 Å². The summed E-state index contributed by atoms with van der Waals surface area (Å²) in [6.07, 6.45) is 0. The molecular formula is C16H12N2O5. The lowest BCUT2D eigenvalue weighted by Gasteiger charge is -2.18. The van der Waals surface area contributed by atoms with Gasteiger partial charge in [-0.3, -0.25) is 10.0 Å². The summed E-state index contributed by atoms with van der Waals surface area (Å²) in [6, 6.07) is 10.2. The maximum absolute atomic E-state index is 11.4. The van der Waals surface area contributed by atoms with Gasteiger partial charge in [0.1, 0.15) is 18.7 Å². The van der Waals surface area contributed by atoms with Gasteiger partial charge in [0.05, 0.1) is 0 Å². The second-order valence-corrected chi connectivity index (χ2v) is 5.00. The van der Waals surface area contributed by atoms with E-state index < -0.39 is 5.91 Å². The molecule has 0 spiro atoms. The van der Waals surface area contributed by atoms with E-state index in [1.165, 1.54) is 0 Å². The van der Waals surface area contributed by atoms with Gasteiger partial charge in [0.2, 0.25) is 5.89 Å². The van der Waals surface area contributed by atoms with Gasteiger partial charge in [-0.25, -0.2) is 10.5 Å². The lowest BCUT2D eigenvalue weighted by molar-refractivity contribution is 0.0706. The minimum Gasteiger partial charge on any atom is -0.486 e. The Balaban J connectivity index is 1.75. The van der Waals surface area contributed by atoms with Gasteiger partial charge in [0.15, 0.2) is 17.1 Å². The molecule has 1 amide bonds. The van der Waals surface area contributed by atoms with Crippen molar-refractivity contribution in [3.8, 4) is 23.0 Å². The Hall–Kier alpha value is -3.06. The van der Waals surface area contributed by atoms with Crippen molar-refractivity contribution in [1.29, 1.82) is 0 Å². The number of carbonyl (C=O) groups excluding carboxylic acids is 1. The molecule has 7 heteroatoms. The number of hydroxylamine groups is 1. The summed E-state index contributed by atoms with van der Waals surface area (Å²) in [7, 11) is 0. The van der Waals surface area contributed by atoms with E-state index in [9.17, 15) is 4.79 Å². The molecule has 0 radical (unpaired) electrons. The molecule has 0 aliphatic carbocycles. The van der Waals surface area contributed by atoms with Gasteiger partial charge in [0, 0.05) is 11.1 Å². The average Bonchev–Trinajstić information content (AvgIpc) is 3.03. The summed E-state index contributed by atoms with van der Waals surface area (Å²) in [6.45, 7) is 1.04. The molecule has 2 aromatic carbocycles. The van der Waals surface area contributed by atoms with Crippen LogP contribution in [0.15, 0.2) is 40.8 Å².